The summed E-state index contributed by atoms with van der Waals surface area (Å²) in [4.78, 5) is 147. The summed E-state index contributed by atoms with van der Waals surface area (Å²) in [6.45, 7) is 7.90. The number of carboxylic acid groups (broad SMARTS) is 2. The number of rotatable bonds is 15. The molecule has 0 spiro atoms. The number of nitrogens with one attached hydrogen (secondary N) is 4. The predicted molar refractivity (Wildman–Crippen MR) is 348 cm³/mol. The van der Waals surface area contributed by atoms with Crippen molar-refractivity contribution in [2.45, 2.75) is 103 Å². The number of aliphatic carboxylic acids is 2. The number of ether oxygens (including phenoxy) is 1. The highest BCUT2D eigenvalue weighted by Crippen LogP contribution is 2.41. The maximum Gasteiger partial charge on any atom is 0.325 e. The molecule has 0 aliphatic carbocycles. The van der Waals surface area contributed by atoms with Gasteiger partial charge in [-0.25, -0.2) is 39.7 Å². The lowest BCUT2D eigenvalue weighted by Crippen LogP contribution is -2.48. The summed E-state index contributed by atoms with van der Waals surface area (Å²) in [5.41, 5.74) is 3.40. The number of hydrogen-bond donors (Lipinski definition) is 6. The molecule has 6 N–H and O–H groups in total. The van der Waals surface area contributed by atoms with Crippen LogP contribution in [0.25, 0.3) is 43.4 Å². The minimum Gasteiger partial charge on any atom is -0.481 e. The van der Waals surface area contributed by atoms with E-state index in [1.54, 1.807) is 34.7 Å². The van der Waals surface area contributed by atoms with Gasteiger partial charge in [-0.2, -0.15) is 0 Å². The van der Waals surface area contributed by atoms with Crippen LogP contribution in [-0.4, -0.2) is 138 Å². The third-order valence-electron chi connectivity index (χ3n) is 15.6. The molecule has 10 rings (SSSR count). The lowest BCUT2D eigenvalue weighted by molar-refractivity contribution is -0.143. The van der Waals surface area contributed by atoms with E-state index < -0.39 is 66.0 Å². The van der Waals surface area contributed by atoms with Crippen molar-refractivity contribution in [2.75, 3.05) is 45.2 Å². The van der Waals surface area contributed by atoms with E-state index in [0.29, 0.717) is 86.8 Å². The number of amides is 6. The number of carboxylic acids is 2. The van der Waals surface area contributed by atoms with E-state index in [4.69, 9.17) is 39.6 Å². The van der Waals surface area contributed by atoms with Crippen LogP contribution in [-0.2, 0) is 30.5 Å². The molecular formula is C61H65N13O11S6. The number of fused-ring (bicyclic) bond motifs is 14. The first kappa shape index (κ1) is 65.8. The Bertz CT molecular complexity index is 4000. The van der Waals surface area contributed by atoms with Crippen LogP contribution in [0.1, 0.15) is 151 Å². The van der Waals surface area contributed by atoms with E-state index in [0.717, 1.165) is 5.56 Å². The monoisotopic (exact) mass is 1350 g/mol. The van der Waals surface area contributed by atoms with E-state index in [2.05, 4.69) is 21.3 Å². The van der Waals surface area contributed by atoms with Gasteiger partial charge in [0.25, 0.3) is 11.8 Å². The maximum absolute atomic E-state index is 14.4. The first-order valence-electron chi connectivity index (χ1n) is 29.3. The number of likely N-dealkylation sites (tertiary alicyclic amines) is 1. The first-order valence-corrected chi connectivity index (χ1v) is 34.4. The van der Waals surface area contributed by atoms with Crippen LogP contribution in [0.15, 0.2) is 64.0 Å². The summed E-state index contributed by atoms with van der Waals surface area (Å²) in [6.07, 6.45) is 0.920. The molecule has 0 saturated carbocycles. The van der Waals surface area contributed by atoms with Gasteiger partial charge in [-0.05, 0) is 56.2 Å². The summed E-state index contributed by atoms with van der Waals surface area (Å²) in [5, 5.41) is 40.3. The molecule has 4 atom stereocenters. The molecule has 2 aliphatic rings. The van der Waals surface area contributed by atoms with Crippen LogP contribution in [0.5, 0.6) is 0 Å². The number of pyridine rings is 1. The Kier molecular flexibility index (Phi) is 21.3. The average Bonchev–Trinajstić information content (AvgIpc) is 1.87. The fourth-order valence-electron chi connectivity index (χ4n) is 10.5. The predicted octanol–water partition coefficient (Wildman–Crippen LogP) is 10.2. The Hall–Kier alpha value is -8.13. The molecule has 24 nitrogen and oxygen atoms in total. The second kappa shape index (κ2) is 29.4. The molecule has 8 aromatic rings. The fraction of sp³-hybridized carbons (Fsp3) is 0.393. The van der Waals surface area contributed by atoms with Crippen LogP contribution in [0.3, 0.4) is 0 Å². The van der Waals surface area contributed by atoms with Crippen molar-refractivity contribution in [1.82, 2.24) is 61.1 Å². The molecule has 9 heterocycles. The average molecular weight is 1350 g/mol. The zero-order valence-corrected chi connectivity index (χ0v) is 55.2. The van der Waals surface area contributed by atoms with Crippen molar-refractivity contribution < 1.29 is 53.3 Å². The van der Waals surface area contributed by atoms with Gasteiger partial charge in [0.15, 0.2) is 5.78 Å². The number of aryl methyl sites for hydroxylation is 1. The van der Waals surface area contributed by atoms with Crippen LogP contribution in [0.4, 0.5) is 10.6 Å². The minimum absolute atomic E-state index is 0.0276. The van der Waals surface area contributed by atoms with Gasteiger partial charge in [0, 0.05) is 90.4 Å². The molecule has 91 heavy (non-hydrogen) atoms. The number of carbonyl (C=O) groups is 8. The van der Waals surface area contributed by atoms with E-state index in [1.165, 1.54) is 87.1 Å². The van der Waals surface area contributed by atoms with E-state index in [-0.39, 0.29) is 99.1 Å². The Morgan fingerprint density at radius 2 is 1.44 bits per heavy atom. The molecular weight excluding hydrogens is 1280 g/mol. The number of thiazole rings is 6. The Labute approximate surface area is 547 Å². The number of unbranched alkanes of at least 4 members (excludes halogenated alkanes) is 1. The Morgan fingerprint density at radius 3 is 2.16 bits per heavy atom. The number of nitrogens with zero attached hydrogens (tertiary/aromatic N) is 9. The molecule has 6 amide bonds. The number of anilines is 1. The van der Waals surface area contributed by atoms with Crippen LogP contribution in [0.2, 0.25) is 0 Å². The van der Waals surface area contributed by atoms with Gasteiger partial charge in [-0.3, -0.25) is 38.5 Å². The number of urea groups is 1. The molecule has 1 unspecified atom stereocenters. The summed E-state index contributed by atoms with van der Waals surface area (Å²) in [6, 6.07) is 11.2. The van der Waals surface area contributed by atoms with Gasteiger partial charge in [-0.1, -0.05) is 51.1 Å². The summed E-state index contributed by atoms with van der Waals surface area (Å²) in [5.74, 6) is -5.41. The highest BCUT2D eigenvalue weighted by atomic mass is 32.1. The lowest BCUT2D eigenvalue weighted by Gasteiger charge is -2.34. The minimum atomic E-state index is -0.977. The number of aromatic nitrogens is 7. The highest BCUT2D eigenvalue weighted by Gasteiger charge is 2.35. The molecule has 476 valence electrons. The van der Waals surface area contributed by atoms with E-state index in [9.17, 15) is 48.6 Å². The second-order valence-corrected chi connectivity index (χ2v) is 28.0. The topological polar surface area (TPSA) is 331 Å². The third kappa shape index (κ3) is 15.4. The Balaban J connectivity index is 1.04. The normalized spacial score (nSPS) is 17.2. The van der Waals surface area contributed by atoms with Crippen molar-refractivity contribution in [1.29, 1.82) is 0 Å². The number of hydrogen-bond acceptors (Lipinski definition) is 22. The van der Waals surface area contributed by atoms with Crippen molar-refractivity contribution in [3.05, 3.63) is 111 Å². The smallest absolute Gasteiger partial charge is 0.325 e. The first-order chi connectivity index (χ1) is 43.8. The third-order valence-corrected chi connectivity index (χ3v) is 21.4. The van der Waals surface area contributed by atoms with Crippen LogP contribution in [0, 0.1) is 18.8 Å². The molecule has 1 fully saturated rings. The molecule has 30 heteroatoms. The molecule has 10 bridgehead atoms. The number of Topliss-reactive ketones (excluding diaryl/α,β-unsaturated/α-hetero) is 1. The van der Waals surface area contributed by atoms with Crippen molar-refractivity contribution in [3.8, 4) is 43.4 Å². The maximum atomic E-state index is 14.4. The van der Waals surface area contributed by atoms with Crippen molar-refractivity contribution in [2.24, 2.45) is 11.8 Å². The SMILES string of the molecule is CNC(=O)C[C@@H]1NC(=O)c2csc(n2)-c2ccc(-c3nc(N(CCCCC(=O)O)C(=O)N4CCC(C(=O)O)CC4)cs3)nc2-c2csc(n2)-c2csc(n2)[C@H]([C@@H](C)c2ccccc2)NC(=O)CNC(=O)c2nc(sc2COC)C(C(C)C)CC(=O)c2nc1sc2C. The van der Waals surface area contributed by atoms with Gasteiger partial charge in [-0.15, -0.1) is 68.0 Å². The summed E-state index contributed by atoms with van der Waals surface area (Å²) in [7, 11) is 2.98. The zero-order valence-electron chi connectivity index (χ0n) is 50.3. The summed E-state index contributed by atoms with van der Waals surface area (Å²) < 4.78 is 5.50. The largest absolute Gasteiger partial charge is 0.481 e. The van der Waals surface area contributed by atoms with E-state index in [1.807, 2.05) is 61.9 Å². The van der Waals surface area contributed by atoms with Crippen molar-refractivity contribution >= 4 is 121 Å². The van der Waals surface area contributed by atoms with Gasteiger partial charge >= 0.3 is 18.0 Å². The summed E-state index contributed by atoms with van der Waals surface area (Å²) >= 11 is 7.49. The van der Waals surface area contributed by atoms with E-state index >= 15 is 0 Å². The number of methoxy groups -OCH3 is 1. The van der Waals surface area contributed by atoms with Gasteiger partial charge in [0.1, 0.15) is 65.0 Å². The van der Waals surface area contributed by atoms with Crippen LogP contribution < -0.4 is 26.2 Å². The fourth-order valence-corrected chi connectivity index (χ4v) is 16.2. The van der Waals surface area contributed by atoms with Gasteiger partial charge in [0.2, 0.25) is 11.8 Å². The van der Waals surface area contributed by atoms with Crippen molar-refractivity contribution in [3.63, 3.8) is 0 Å². The number of ketones is 1. The molecule has 1 saturated heterocycles. The quantitative estimate of drug-likeness (QED) is 0.0520. The molecule has 2 aliphatic heterocycles. The Morgan fingerprint density at radius 1 is 0.736 bits per heavy atom. The molecule has 0 radical (unpaired) electrons. The zero-order chi connectivity index (χ0) is 64.6. The number of carbonyl (C=O) groups excluding carboxylic acids is 6. The van der Waals surface area contributed by atoms with Gasteiger partial charge in [0.05, 0.1) is 53.2 Å². The standard InChI is InChI=1S/C61H65N13O11S6/c1-30(2)36-22-42(75)49-32(4)90-58(71-49)38(23-45(76)62-5)65-52(80)40-27-86-54(67-40)35-15-16-37(56-69-44(29-89-56)74(19-11-10-14-47(78)79)61(84)73-20-17-34(18-21-73)60(82)83)64-50(35)39-26-87-57(66-39)41-28-88-59(68-41)48(31(3)33-12-8-7-9-13-33)70-46(77)24-63-53(81)51-43(25-85-6)91-55(36)72-51/h7-9,12-13,15-16,26-31,34,36,38,48H,10-11,14,17-25H2,1-6H3,(H,62,76)(H,63,81)(H,65,80)(H,70,77)(H,78,79)(H,82,83)/t31-,36?,38-,48-/m0/s1. The number of piperidine rings is 1. The highest BCUT2D eigenvalue weighted by molar-refractivity contribution is 7.15. The lowest BCUT2D eigenvalue weighted by atomic mass is 9.90. The second-order valence-electron chi connectivity index (χ2n) is 22.2. The number of benzene rings is 1. The van der Waals surface area contributed by atoms with Gasteiger partial charge < -0.3 is 41.1 Å². The van der Waals surface area contributed by atoms with Crippen LogP contribution >= 0.6 is 68.0 Å². The molecule has 7 aromatic heterocycles. The molecule has 1 aromatic carbocycles.